The summed E-state index contributed by atoms with van der Waals surface area (Å²) in [7, 11) is 0. The van der Waals surface area contributed by atoms with Gasteiger partial charge in [-0.05, 0) is 31.2 Å². The first-order valence-corrected chi connectivity index (χ1v) is 9.74. The molecule has 5 nitrogen and oxygen atoms in total. The van der Waals surface area contributed by atoms with Crippen LogP contribution in [0.1, 0.15) is 45.1 Å². The quantitative estimate of drug-likeness (QED) is 0.775. The molecular formula is C21H29NO4. The molecule has 3 rings (SSSR count). The van der Waals surface area contributed by atoms with Crippen LogP contribution < -0.4 is 0 Å². The molecule has 2 heterocycles. The summed E-state index contributed by atoms with van der Waals surface area (Å²) in [5.74, 6) is 0.541. The monoisotopic (exact) mass is 359 g/mol. The van der Waals surface area contributed by atoms with Crippen molar-refractivity contribution >= 4 is 11.9 Å². The van der Waals surface area contributed by atoms with Crippen LogP contribution in [0.15, 0.2) is 30.3 Å². The first kappa shape index (κ1) is 18.9. The van der Waals surface area contributed by atoms with E-state index in [1.807, 2.05) is 35.2 Å². The molecule has 142 valence electrons. The van der Waals surface area contributed by atoms with E-state index in [1.54, 1.807) is 0 Å². The second kappa shape index (κ2) is 8.67. The molecule has 0 aromatic heterocycles. The van der Waals surface area contributed by atoms with Crippen LogP contribution >= 0.6 is 0 Å². The standard InChI is InChI=1S/C21H29NO4/c1-3-16(4-2)20(23)17-10-18-13-25-14-19(11-17)22(18)21(24)26-12-15-8-6-5-7-9-15/h5-9,16-19H,3-4,10-14H2,1-2H3. The number of rotatable bonds is 6. The predicted octanol–water partition coefficient (Wildman–Crippen LogP) is 3.81. The molecule has 26 heavy (non-hydrogen) atoms. The Bertz CT molecular complexity index is 600. The van der Waals surface area contributed by atoms with Crippen molar-refractivity contribution in [3.63, 3.8) is 0 Å². The lowest BCUT2D eigenvalue weighted by Gasteiger charge is -2.47. The molecule has 5 heteroatoms. The smallest absolute Gasteiger partial charge is 0.410 e. The summed E-state index contributed by atoms with van der Waals surface area (Å²) in [5.41, 5.74) is 0.973. The highest BCUT2D eigenvalue weighted by molar-refractivity contribution is 5.84. The van der Waals surface area contributed by atoms with Crippen LogP contribution in [0, 0.1) is 11.8 Å². The molecular weight excluding hydrogens is 330 g/mol. The average molecular weight is 359 g/mol. The van der Waals surface area contributed by atoms with Gasteiger partial charge in [0.15, 0.2) is 0 Å². The number of ether oxygens (including phenoxy) is 2. The van der Waals surface area contributed by atoms with Gasteiger partial charge in [-0.1, -0.05) is 44.2 Å². The lowest BCUT2D eigenvalue weighted by molar-refractivity contribution is -0.135. The zero-order valence-electron chi connectivity index (χ0n) is 15.7. The molecule has 1 aromatic rings. The second-order valence-electron chi connectivity index (χ2n) is 7.38. The number of ketones is 1. The maximum absolute atomic E-state index is 12.8. The SMILES string of the molecule is CCC(CC)C(=O)C1CC2COCC(C1)N2C(=O)OCc1ccccc1. The van der Waals surface area contributed by atoms with Crippen LogP contribution in [-0.2, 0) is 20.9 Å². The van der Waals surface area contributed by atoms with Crippen LogP contribution in [0.3, 0.4) is 0 Å². The number of morpholine rings is 1. The summed E-state index contributed by atoms with van der Waals surface area (Å²) in [6, 6.07) is 9.56. The summed E-state index contributed by atoms with van der Waals surface area (Å²) in [5, 5.41) is 0. The van der Waals surface area contributed by atoms with E-state index in [2.05, 4.69) is 13.8 Å². The van der Waals surface area contributed by atoms with E-state index >= 15 is 0 Å². The van der Waals surface area contributed by atoms with Crippen molar-refractivity contribution in [1.82, 2.24) is 4.90 Å². The number of amides is 1. The van der Waals surface area contributed by atoms with Gasteiger partial charge >= 0.3 is 6.09 Å². The zero-order chi connectivity index (χ0) is 18.5. The van der Waals surface area contributed by atoms with Crippen molar-refractivity contribution in [3.8, 4) is 0 Å². The van der Waals surface area contributed by atoms with Crippen LogP contribution in [0.5, 0.6) is 0 Å². The number of benzene rings is 1. The van der Waals surface area contributed by atoms with Gasteiger partial charge in [0.1, 0.15) is 12.4 Å². The summed E-state index contributed by atoms with van der Waals surface area (Å²) in [4.78, 5) is 27.3. The molecule has 2 unspecified atom stereocenters. The van der Waals surface area contributed by atoms with E-state index in [9.17, 15) is 9.59 Å². The van der Waals surface area contributed by atoms with Gasteiger partial charge in [0.2, 0.25) is 0 Å². The number of nitrogens with zero attached hydrogens (tertiary/aromatic N) is 1. The van der Waals surface area contributed by atoms with Gasteiger partial charge in [-0.3, -0.25) is 9.69 Å². The summed E-state index contributed by atoms with van der Waals surface area (Å²) < 4.78 is 11.2. The van der Waals surface area contributed by atoms with Crippen molar-refractivity contribution in [3.05, 3.63) is 35.9 Å². The first-order valence-electron chi connectivity index (χ1n) is 9.74. The highest BCUT2D eigenvalue weighted by Crippen LogP contribution is 2.35. The summed E-state index contributed by atoms with van der Waals surface area (Å²) in [6.07, 6.45) is 2.86. The third-order valence-corrected chi connectivity index (χ3v) is 5.73. The van der Waals surface area contributed by atoms with Gasteiger partial charge in [-0.15, -0.1) is 0 Å². The number of carbonyl (C=O) groups excluding carboxylic acids is 2. The molecule has 2 aliphatic heterocycles. The highest BCUT2D eigenvalue weighted by Gasteiger charge is 2.45. The molecule has 1 amide bonds. The molecule has 1 aromatic carbocycles. The molecule has 0 N–H and O–H groups in total. The minimum absolute atomic E-state index is 0.0389. The third kappa shape index (κ3) is 4.09. The number of piperidine rings is 1. The lowest BCUT2D eigenvalue weighted by Crippen LogP contribution is -2.60. The Kier molecular flexibility index (Phi) is 6.30. The van der Waals surface area contributed by atoms with E-state index in [0.29, 0.717) is 31.8 Å². The normalized spacial score (nSPS) is 25.2. The van der Waals surface area contributed by atoms with E-state index < -0.39 is 0 Å². The van der Waals surface area contributed by atoms with E-state index in [4.69, 9.17) is 9.47 Å². The Morgan fingerprint density at radius 3 is 2.31 bits per heavy atom. The minimum Gasteiger partial charge on any atom is -0.445 e. The van der Waals surface area contributed by atoms with Gasteiger partial charge in [0.25, 0.3) is 0 Å². The molecule has 2 aliphatic rings. The Morgan fingerprint density at radius 2 is 1.73 bits per heavy atom. The fraction of sp³-hybridized carbons (Fsp3) is 0.619. The topological polar surface area (TPSA) is 55.8 Å². The second-order valence-corrected chi connectivity index (χ2v) is 7.38. The number of carbonyl (C=O) groups is 2. The van der Waals surface area contributed by atoms with E-state index in [1.165, 1.54) is 0 Å². The van der Waals surface area contributed by atoms with E-state index in [0.717, 1.165) is 18.4 Å². The van der Waals surface area contributed by atoms with Crippen LogP contribution in [0.4, 0.5) is 4.79 Å². The van der Waals surface area contributed by atoms with Gasteiger partial charge < -0.3 is 9.47 Å². The Morgan fingerprint density at radius 1 is 1.12 bits per heavy atom. The fourth-order valence-corrected chi connectivity index (χ4v) is 4.26. The molecule has 0 aliphatic carbocycles. The largest absolute Gasteiger partial charge is 0.445 e. The third-order valence-electron chi connectivity index (χ3n) is 5.73. The van der Waals surface area contributed by atoms with Crippen molar-refractivity contribution in [1.29, 1.82) is 0 Å². The maximum atomic E-state index is 12.8. The van der Waals surface area contributed by atoms with Gasteiger partial charge in [0.05, 0.1) is 25.3 Å². The lowest BCUT2D eigenvalue weighted by atomic mass is 9.78. The molecule has 2 fully saturated rings. The number of fused-ring (bicyclic) bond motifs is 2. The maximum Gasteiger partial charge on any atom is 0.410 e. The molecule has 2 bridgehead atoms. The van der Waals surface area contributed by atoms with Gasteiger partial charge in [0, 0.05) is 11.8 Å². The van der Waals surface area contributed by atoms with Gasteiger partial charge in [-0.2, -0.15) is 0 Å². The molecule has 2 saturated heterocycles. The van der Waals surface area contributed by atoms with Crippen molar-refractivity contribution in [2.75, 3.05) is 13.2 Å². The average Bonchev–Trinajstić information content (AvgIpc) is 2.66. The Balaban J connectivity index is 1.63. The van der Waals surface area contributed by atoms with Crippen molar-refractivity contribution in [2.24, 2.45) is 11.8 Å². The summed E-state index contributed by atoms with van der Waals surface area (Å²) in [6.45, 7) is 5.40. The summed E-state index contributed by atoms with van der Waals surface area (Å²) >= 11 is 0. The van der Waals surface area contributed by atoms with Crippen LogP contribution in [0.2, 0.25) is 0 Å². The minimum atomic E-state index is -0.291. The fourth-order valence-electron chi connectivity index (χ4n) is 4.26. The van der Waals surface area contributed by atoms with Crippen LogP contribution in [0.25, 0.3) is 0 Å². The molecule has 0 saturated carbocycles. The Hall–Kier alpha value is -1.88. The predicted molar refractivity (Wildman–Crippen MR) is 98.7 cm³/mol. The number of hydrogen-bond donors (Lipinski definition) is 0. The van der Waals surface area contributed by atoms with Gasteiger partial charge in [-0.25, -0.2) is 4.79 Å². The molecule has 0 spiro atoms. The molecule has 2 atom stereocenters. The first-order chi connectivity index (χ1) is 12.6. The number of hydrogen-bond acceptors (Lipinski definition) is 4. The zero-order valence-corrected chi connectivity index (χ0v) is 15.7. The highest BCUT2D eigenvalue weighted by atomic mass is 16.6. The van der Waals surface area contributed by atoms with Crippen molar-refractivity contribution in [2.45, 2.75) is 58.2 Å². The Labute approximate surface area is 155 Å². The molecule has 0 radical (unpaired) electrons. The number of Topliss-reactive ketones (excluding diaryl/α,β-unsaturated/α-hetero) is 1. The van der Waals surface area contributed by atoms with Crippen LogP contribution in [-0.4, -0.2) is 42.1 Å². The van der Waals surface area contributed by atoms with E-state index in [-0.39, 0.29) is 36.6 Å². The van der Waals surface area contributed by atoms with Crippen molar-refractivity contribution < 1.29 is 19.1 Å².